The van der Waals surface area contributed by atoms with E-state index in [9.17, 15) is 14.7 Å². The van der Waals surface area contributed by atoms with Crippen molar-refractivity contribution in [1.82, 2.24) is 15.2 Å². The summed E-state index contributed by atoms with van der Waals surface area (Å²) in [6.07, 6.45) is 6.85. The molecule has 2 aromatic heterocycles. The molecule has 0 radical (unpaired) electrons. The summed E-state index contributed by atoms with van der Waals surface area (Å²) in [4.78, 5) is 32.0. The van der Waals surface area contributed by atoms with Gasteiger partial charge in [0.25, 0.3) is 0 Å². The number of aliphatic carboxylic acids is 1. The van der Waals surface area contributed by atoms with E-state index in [4.69, 9.17) is 9.72 Å². The number of methoxy groups -OCH3 is 1. The number of carboxylic acid groups (broad SMARTS) is 1. The monoisotopic (exact) mass is 506 g/mol. The van der Waals surface area contributed by atoms with Gasteiger partial charge in [0.1, 0.15) is 0 Å². The minimum absolute atomic E-state index is 0.0954. The molecule has 188 valence electrons. The first-order valence-corrected chi connectivity index (χ1v) is 13.4. The van der Waals surface area contributed by atoms with Crippen molar-refractivity contribution in [2.45, 2.75) is 57.4 Å². The number of hydrogen-bond donors (Lipinski definition) is 1. The molecule has 3 aromatic rings. The summed E-state index contributed by atoms with van der Waals surface area (Å²) in [6.45, 7) is 0. The Labute approximate surface area is 214 Å². The van der Waals surface area contributed by atoms with Gasteiger partial charge in [-0.25, -0.2) is 4.98 Å². The first-order chi connectivity index (χ1) is 17.5. The van der Waals surface area contributed by atoms with Gasteiger partial charge < -0.3 is 9.84 Å². The first kappa shape index (κ1) is 24.4. The average Bonchev–Trinajstić information content (AvgIpc) is 3.36. The maximum absolute atomic E-state index is 13.7. The summed E-state index contributed by atoms with van der Waals surface area (Å²) in [5.74, 6) is -0.651. The number of thiazole rings is 1. The zero-order valence-electron chi connectivity index (χ0n) is 20.3. The van der Waals surface area contributed by atoms with Gasteiger partial charge in [0.2, 0.25) is 11.8 Å². The summed E-state index contributed by atoms with van der Waals surface area (Å²) in [7, 11) is 1.55. The van der Waals surface area contributed by atoms with E-state index >= 15 is 0 Å². The zero-order valence-corrected chi connectivity index (χ0v) is 21.1. The molecule has 0 bridgehead atoms. The maximum atomic E-state index is 13.7. The molecule has 1 atom stereocenters. The van der Waals surface area contributed by atoms with E-state index in [1.807, 2.05) is 35.7 Å². The quantitative estimate of drug-likeness (QED) is 0.390. The standard InChI is InChI=1S/C27H30N4O4S/c1-35-24-13-12-22(29-30-24)20-8-4-5-9-21(20)23-16-36-27(28-23)31(19-10-11-19)26(34)18(15-25(32)33)14-17-6-2-3-7-17/h4-5,8-9,12-13,16-19H,2-3,6-7,10-11,14-15H2,1H3,(H,32,33). The number of carboxylic acids is 1. The van der Waals surface area contributed by atoms with E-state index in [1.165, 1.54) is 24.2 Å². The second kappa shape index (κ2) is 10.7. The number of carbonyl (C=O) groups excluding carboxylic acids is 1. The van der Waals surface area contributed by atoms with E-state index in [-0.39, 0.29) is 18.4 Å². The van der Waals surface area contributed by atoms with Crippen LogP contribution in [0, 0.1) is 11.8 Å². The van der Waals surface area contributed by atoms with Crippen molar-refractivity contribution in [1.29, 1.82) is 0 Å². The van der Waals surface area contributed by atoms with Gasteiger partial charge in [0.15, 0.2) is 5.13 Å². The summed E-state index contributed by atoms with van der Waals surface area (Å²) in [5.41, 5.74) is 3.25. The number of hydrogen-bond acceptors (Lipinski definition) is 7. The van der Waals surface area contributed by atoms with E-state index < -0.39 is 11.9 Å². The molecule has 0 saturated heterocycles. The van der Waals surface area contributed by atoms with Gasteiger partial charge in [-0.15, -0.1) is 21.5 Å². The number of anilines is 1. The molecule has 1 unspecified atom stereocenters. The Balaban J connectivity index is 1.43. The fourth-order valence-electron chi connectivity index (χ4n) is 5.09. The molecule has 2 saturated carbocycles. The van der Waals surface area contributed by atoms with Crippen LogP contribution in [-0.2, 0) is 9.59 Å². The van der Waals surface area contributed by atoms with Gasteiger partial charge >= 0.3 is 5.97 Å². The summed E-state index contributed by atoms with van der Waals surface area (Å²) in [5, 5.41) is 20.5. The van der Waals surface area contributed by atoms with Crippen LogP contribution < -0.4 is 9.64 Å². The van der Waals surface area contributed by atoms with Crippen LogP contribution in [0.15, 0.2) is 41.8 Å². The minimum atomic E-state index is -0.920. The van der Waals surface area contributed by atoms with E-state index in [2.05, 4.69) is 10.2 Å². The minimum Gasteiger partial charge on any atom is -0.481 e. The molecule has 9 heteroatoms. The number of nitrogens with zero attached hydrogens (tertiary/aromatic N) is 4. The summed E-state index contributed by atoms with van der Waals surface area (Å²) >= 11 is 1.43. The smallest absolute Gasteiger partial charge is 0.304 e. The van der Waals surface area contributed by atoms with Gasteiger partial charge in [-0.1, -0.05) is 49.9 Å². The molecule has 36 heavy (non-hydrogen) atoms. The van der Waals surface area contributed by atoms with Crippen LogP contribution in [0.25, 0.3) is 22.5 Å². The highest BCUT2D eigenvalue weighted by Crippen LogP contribution is 2.40. The predicted octanol–water partition coefficient (Wildman–Crippen LogP) is 5.44. The maximum Gasteiger partial charge on any atom is 0.304 e. The van der Waals surface area contributed by atoms with Crippen molar-refractivity contribution in [3.05, 3.63) is 41.8 Å². The van der Waals surface area contributed by atoms with Crippen LogP contribution in [0.1, 0.15) is 51.4 Å². The van der Waals surface area contributed by atoms with Crippen LogP contribution in [0.4, 0.5) is 5.13 Å². The van der Waals surface area contributed by atoms with Crippen molar-refractivity contribution < 1.29 is 19.4 Å². The van der Waals surface area contributed by atoms with E-state index in [0.29, 0.717) is 29.0 Å². The lowest BCUT2D eigenvalue weighted by Crippen LogP contribution is -2.39. The fraction of sp³-hybridized carbons (Fsp3) is 0.444. The van der Waals surface area contributed by atoms with Crippen molar-refractivity contribution in [3.8, 4) is 28.4 Å². The molecule has 1 aromatic carbocycles. The normalized spacial score (nSPS) is 16.6. The van der Waals surface area contributed by atoms with Crippen molar-refractivity contribution >= 4 is 28.3 Å². The number of benzene rings is 1. The Hall–Kier alpha value is -3.33. The molecule has 2 fully saturated rings. The van der Waals surface area contributed by atoms with Crippen LogP contribution >= 0.6 is 11.3 Å². The van der Waals surface area contributed by atoms with Crippen molar-refractivity contribution in [2.75, 3.05) is 12.0 Å². The van der Waals surface area contributed by atoms with Crippen LogP contribution in [0.2, 0.25) is 0 Å². The molecule has 0 spiro atoms. The Morgan fingerprint density at radius 3 is 2.39 bits per heavy atom. The van der Waals surface area contributed by atoms with Gasteiger partial charge in [0.05, 0.1) is 24.9 Å². The van der Waals surface area contributed by atoms with Crippen LogP contribution in [0.3, 0.4) is 0 Å². The van der Waals surface area contributed by atoms with Crippen molar-refractivity contribution in [3.63, 3.8) is 0 Å². The lowest BCUT2D eigenvalue weighted by Gasteiger charge is -2.26. The second-order valence-corrected chi connectivity index (χ2v) is 10.5. The van der Waals surface area contributed by atoms with Gasteiger partial charge in [-0.3, -0.25) is 14.5 Å². The van der Waals surface area contributed by atoms with Gasteiger partial charge in [-0.05, 0) is 31.2 Å². The number of amides is 1. The highest BCUT2D eigenvalue weighted by Gasteiger charge is 2.40. The van der Waals surface area contributed by atoms with Gasteiger partial charge in [-0.2, -0.15) is 0 Å². The third-order valence-corrected chi connectivity index (χ3v) is 7.88. The second-order valence-electron chi connectivity index (χ2n) is 9.64. The van der Waals surface area contributed by atoms with Crippen molar-refractivity contribution in [2.24, 2.45) is 11.8 Å². The van der Waals surface area contributed by atoms with Gasteiger partial charge in [0, 0.05) is 34.5 Å². The number of aromatic nitrogens is 3. The fourth-order valence-corrected chi connectivity index (χ4v) is 5.99. The highest BCUT2D eigenvalue weighted by molar-refractivity contribution is 7.14. The van der Waals surface area contributed by atoms with E-state index in [0.717, 1.165) is 42.5 Å². The topological polar surface area (TPSA) is 106 Å². The molecule has 1 N–H and O–H groups in total. The van der Waals surface area contributed by atoms with Crippen LogP contribution in [0.5, 0.6) is 5.88 Å². The zero-order chi connectivity index (χ0) is 25.1. The largest absolute Gasteiger partial charge is 0.481 e. The Morgan fingerprint density at radius 1 is 1.06 bits per heavy atom. The number of ether oxygens (including phenoxy) is 1. The molecule has 2 aliphatic rings. The number of carbonyl (C=O) groups is 2. The lowest BCUT2D eigenvalue weighted by atomic mass is 9.90. The van der Waals surface area contributed by atoms with E-state index in [1.54, 1.807) is 18.1 Å². The first-order valence-electron chi connectivity index (χ1n) is 12.5. The lowest BCUT2D eigenvalue weighted by molar-refractivity contribution is -0.141. The third-order valence-electron chi connectivity index (χ3n) is 7.04. The van der Waals surface area contributed by atoms with Crippen LogP contribution in [-0.4, -0.2) is 45.3 Å². The molecule has 2 aliphatic carbocycles. The SMILES string of the molecule is COc1ccc(-c2ccccc2-c2csc(N(C(=O)C(CC(=O)O)CC3CCCC3)C3CC3)n2)nn1. The number of rotatable bonds is 10. The molecular weight excluding hydrogens is 476 g/mol. The Bertz CT molecular complexity index is 1220. The average molecular weight is 507 g/mol. The Kier molecular flexibility index (Phi) is 7.27. The molecular formula is C27H30N4O4S. The third kappa shape index (κ3) is 5.41. The predicted molar refractivity (Wildman–Crippen MR) is 138 cm³/mol. The Morgan fingerprint density at radius 2 is 1.78 bits per heavy atom. The summed E-state index contributed by atoms with van der Waals surface area (Å²) < 4.78 is 5.13. The molecule has 1 amide bonds. The molecule has 8 nitrogen and oxygen atoms in total. The molecule has 5 rings (SSSR count). The molecule has 0 aliphatic heterocycles. The summed E-state index contributed by atoms with van der Waals surface area (Å²) in [6, 6.07) is 11.6. The molecule has 2 heterocycles. The highest BCUT2D eigenvalue weighted by atomic mass is 32.1.